The maximum atomic E-state index is 12.1. The molecule has 1 amide bonds. The van der Waals surface area contributed by atoms with Crippen LogP contribution in [-0.2, 0) is 16.1 Å². The Hall–Kier alpha value is -1.36. The third-order valence-electron chi connectivity index (χ3n) is 3.19. The molecule has 1 aliphatic rings. The van der Waals surface area contributed by atoms with E-state index in [1.165, 1.54) is 0 Å². The topological polar surface area (TPSA) is 46.6 Å². The normalized spacial score (nSPS) is 20.3. The molecule has 102 valence electrons. The molecule has 0 aliphatic carbocycles. The molecule has 0 aromatic heterocycles. The van der Waals surface area contributed by atoms with Crippen LogP contribution < -0.4 is 4.74 Å². The fraction of sp³-hybridized carbons (Fsp3) is 0.429. The van der Waals surface area contributed by atoms with E-state index in [9.17, 15) is 9.59 Å². The fourth-order valence-electron chi connectivity index (χ4n) is 2.09. The molecule has 1 heterocycles. The number of amides is 1. The van der Waals surface area contributed by atoms with Crippen molar-refractivity contribution in [3.8, 4) is 5.75 Å². The predicted molar refractivity (Wildman–Crippen MR) is 75.4 cm³/mol. The Balaban J connectivity index is 2.08. The van der Waals surface area contributed by atoms with Crippen molar-refractivity contribution in [2.24, 2.45) is 0 Å². The molecular formula is C14H16BrNO3. The molecule has 0 bridgehead atoms. The van der Waals surface area contributed by atoms with Crippen LogP contribution in [0.25, 0.3) is 0 Å². The molecule has 1 saturated heterocycles. The van der Waals surface area contributed by atoms with Gasteiger partial charge in [-0.1, -0.05) is 28.1 Å². The Kier molecular flexibility index (Phi) is 4.58. The summed E-state index contributed by atoms with van der Waals surface area (Å²) in [5.74, 6) is 0.625. The Labute approximate surface area is 120 Å². The Morgan fingerprint density at radius 3 is 2.63 bits per heavy atom. The summed E-state index contributed by atoms with van der Waals surface area (Å²) in [5.41, 5.74) is 1.03. The second-order valence-corrected chi connectivity index (χ2v) is 5.46. The SMILES string of the molecule is COc1ccc(CN2CCCC(=O)[C@H](Br)C2=O)cc1. The van der Waals surface area contributed by atoms with Gasteiger partial charge in [-0.2, -0.15) is 0 Å². The number of nitrogens with zero attached hydrogens (tertiary/aromatic N) is 1. The molecule has 0 spiro atoms. The lowest BCUT2D eigenvalue weighted by molar-refractivity contribution is -0.133. The summed E-state index contributed by atoms with van der Waals surface area (Å²) in [4.78, 5) is 24.8. The van der Waals surface area contributed by atoms with Crippen molar-refractivity contribution in [1.29, 1.82) is 0 Å². The molecular weight excluding hydrogens is 310 g/mol. The van der Waals surface area contributed by atoms with Crippen LogP contribution in [0.1, 0.15) is 18.4 Å². The van der Waals surface area contributed by atoms with Crippen molar-refractivity contribution >= 4 is 27.6 Å². The summed E-state index contributed by atoms with van der Waals surface area (Å²) in [6, 6.07) is 7.60. The van der Waals surface area contributed by atoms with E-state index < -0.39 is 4.83 Å². The number of benzene rings is 1. The number of Topliss-reactive ketones (excluding diaryl/α,β-unsaturated/α-hetero) is 1. The van der Waals surface area contributed by atoms with E-state index in [-0.39, 0.29) is 11.7 Å². The van der Waals surface area contributed by atoms with Gasteiger partial charge in [0, 0.05) is 19.5 Å². The summed E-state index contributed by atoms with van der Waals surface area (Å²) in [6.07, 6.45) is 1.18. The number of alkyl halides is 1. The minimum Gasteiger partial charge on any atom is -0.497 e. The molecule has 0 unspecified atom stereocenters. The van der Waals surface area contributed by atoms with Gasteiger partial charge < -0.3 is 9.64 Å². The average molecular weight is 326 g/mol. The number of rotatable bonds is 3. The van der Waals surface area contributed by atoms with Gasteiger partial charge in [-0.3, -0.25) is 9.59 Å². The molecule has 0 N–H and O–H groups in total. The zero-order valence-electron chi connectivity index (χ0n) is 10.8. The standard InChI is InChI=1S/C14H16BrNO3/c1-19-11-6-4-10(5-7-11)9-16-8-2-3-12(17)13(15)14(16)18/h4-7,13H,2-3,8-9H2,1H3/t13-/m0/s1. The Bertz CT molecular complexity index is 472. The largest absolute Gasteiger partial charge is 0.497 e. The van der Waals surface area contributed by atoms with Gasteiger partial charge in [0.25, 0.3) is 0 Å². The van der Waals surface area contributed by atoms with Crippen molar-refractivity contribution in [3.05, 3.63) is 29.8 Å². The quantitative estimate of drug-likeness (QED) is 0.632. The molecule has 1 atom stereocenters. The van der Waals surface area contributed by atoms with Gasteiger partial charge in [-0.15, -0.1) is 0 Å². The number of carbonyl (C=O) groups excluding carboxylic acids is 2. The monoisotopic (exact) mass is 325 g/mol. The summed E-state index contributed by atoms with van der Waals surface area (Å²) in [6.45, 7) is 1.15. The minimum absolute atomic E-state index is 0.0257. The maximum Gasteiger partial charge on any atom is 0.244 e. The summed E-state index contributed by atoms with van der Waals surface area (Å²) in [5, 5.41) is 0. The first-order valence-corrected chi connectivity index (χ1v) is 7.12. The smallest absolute Gasteiger partial charge is 0.244 e. The first-order valence-electron chi connectivity index (χ1n) is 6.20. The van der Waals surface area contributed by atoms with Gasteiger partial charge >= 0.3 is 0 Å². The van der Waals surface area contributed by atoms with Crippen LogP contribution in [0.4, 0.5) is 0 Å². The molecule has 4 nitrogen and oxygen atoms in total. The number of hydrogen-bond acceptors (Lipinski definition) is 3. The van der Waals surface area contributed by atoms with Gasteiger partial charge in [0.2, 0.25) is 5.91 Å². The number of methoxy groups -OCH3 is 1. The Morgan fingerprint density at radius 2 is 2.00 bits per heavy atom. The predicted octanol–water partition coefficient (Wildman–Crippen LogP) is 2.15. The van der Waals surface area contributed by atoms with Gasteiger partial charge in [-0.25, -0.2) is 0 Å². The third kappa shape index (κ3) is 3.35. The van der Waals surface area contributed by atoms with Crippen LogP contribution in [0, 0.1) is 0 Å². The van der Waals surface area contributed by atoms with E-state index in [0.29, 0.717) is 19.5 Å². The summed E-state index contributed by atoms with van der Waals surface area (Å²) < 4.78 is 5.10. The lowest BCUT2D eigenvalue weighted by Crippen LogP contribution is -2.37. The third-order valence-corrected chi connectivity index (χ3v) is 4.10. The van der Waals surface area contributed by atoms with E-state index in [2.05, 4.69) is 15.9 Å². The highest BCUT2D eigenvalue weighted by atomic mass is 79.9. The first-order chi connectivity index (χ1) is 9.11. The minimum atomic E-state index is -0.687. The lowest BCUT2D eigenvalue weighted by atomic mass is 10.2. The van der Waals surface area contributed by atoms with Crippen LogP contribution >= 0.6 is 15.9 Å². The van der Waals surface area contributed by atoms with Gasteiger partial charge in [0.1, 0.15) is 5.75 Å². The molecule has 1 aromatic carbocycles. The number of ether oxygens (including phenoxy) is 1. The van der Waals surface area contributed by atoms with Crippen LogP contribution in [0.5, 0.6) is 5.75 Å². The second kappa shape index (κ2) is 6.19. The van der Waals surface area contributed by atoms with Crippen molar-refractivity contribution in [1.82, 2.24) is 4.90 Å². The van der Waals surface area contributed by atoms with Crippen molar-refractivity contribution in [2.75, 3.05) is 13.7 Å². The second-order valence-electron chi connectivity index (χ2n) is 4.54. The first kappa shape index (κ1) is 14.1. The summed E-state index contributed by atoms with van der Waals surface area (Å²) >= 11 is 3.18. The average Bonchev–Trinajstić information content (AvgIpc) is 2.55. The van der Waals surface area contributed by atoms with Crippen LogP contribution in [-0.4, -0.2) is 35.1 Å². The highest BCUT2D eigenvalue weighted by molar-refractivity contribution is 9.10. The van der Waals surface area contributed by atoms with E-state index in [0.717, 1.165) is 17.7 Å². The molecule has 1 fully saturated rings. The zero-order chi connectivity index (χ0) is 13.8. The molecule has 2 rings (SSSR count). The van der Waals surface area contributed by atoms with Crippen molar-refractivity contribution in [2.45, 2.75) is 24.2 Å². The molecule has 0 radical (unpaired) electrons. The van der Waals surface area contributed by atoms with Crippen LogP contribution in [0.15, 0.2) is 24.3 Å². The molecule has 5 heteroatoms. The maximum absolute atomic E-state index is 12.1. The summed E-state index contributed by atoms with van der Waals surface area (Å²) in [7, 11) is 1.62. The lowest BCUT2D eigenvalue weighted by Gasteiger charge is -2.21. The van der Waals surface area contributed by atoms with E-state index in [1.807, 2.05) is 24.3 Å². The number of halogens is 1. The molecule has 19 heavy (non-hydrogen) atoms. The fourth-order valence-corrected chi connectivity index (χ4v) is 2.61. The molecule has 1 aliphatic heterocycles. The number of carbonyl (C=O) groups is 2. The molecule has 0 saturated carbocycles. The van der Waals surface area contributed by atoms with E-state index in [4.69, 9.17) is 4.74 Å². The number of ketones is 1. The van der Waals surface area contributed by atoms with Gasteiger partial charge in [0.05, 0.1) is 7.11 Å². The van der Waals surface area contributed by atoms with Crippen molar-refractivity contribution < 1.29 is 14.3 Å². The van der Waals surface area contributed by atoms with Crippen molar-refractivity contribution in [3.63, 3.8) is 0 Å². The molecule has 1 aromatic rings. The van der Waals surface area contributed by atoms with Crippen LogP contribution in [0.2, 0.25) is 0 Å². The highest BCUT2D eigenvalue weighted by Crippen LogP contribution is 2.19. The van der Waals surface area contributed by atoms with Gasteiger partial charge in [0.15, 0.2) is 10.6 Å². The Morgan fingerprint density at radius 1 is 1.32 bits per heavy atom. The number of hydrogen-bond donors (Lipinski definition) is 0. The zero-order valence-corrected chi connectivity index (χ0v) is 12.4. The highest BCUT2D eigenvalue weighted by Gasteiger charge is 2.30. The number of likely N-dealkylation sites (tertiary alicyclic amines) is 1. The van der Waals surface area contributed by atoms with E-state index in [1.54, 1.807) is 12.0 Å². The van der Waals surface area contributed by atoms with Crippen LogP contribution in [0.3, 0.4) is 0 Å². The van der Waals surface area contributed by atoms with E-state index >= 15 is 0 Å². The van der Waals surface area contributed by atoms with Gasteiger partial charge in [-0.05, 0) is 24.1 Å².